The summed E-state index contributed by atoms with van der Waals surface area (Å²) >= 11 is 0. The van der Waals surface area contributed by atoms with E-state index >= 15 is 0 Å². The second-order valence-corrected chi connectivity index (χ2v) is 3.50. The van der Waals surface area contributed by atoms with Crippen molar-refractivity contribution in [3.8, 4) is 0 Å². The largest absolute Gasteiger partial charge is 0.394 e. The van der Waals surface area contributed by atoms with Crippen LogP contribution in [0.2, 0.25) is 0 Å². The summed E-state index contributed by atoms with van der Waals surface area (Å²) in [5, 5.41) is 9.08. The van der Waals surface area contributed by atoms with Crippen molar-refractivity contribution in [2.75, 3.05) is 40.1 Å². The van der Waals surface area contributed by atoms with E-state index < -0.39 is 6.04 Å². The van der Waals surface area contributed by atoms with Crippen LogP contribution >= 0.6 is 0 Å². The van der Waals surface area contributed by atoms with E-state index in [2.05, 4.69) is 0 Å². The highest BCUT2D eigenvalue weighted by Gasteiger charge is 2.29. The molecule has 2 atom stereocenters. The minimum atomic E-state index is -0.665. The van der Waals surface area contributed by atoms with Crippen molar-refractivity contribution < 1.29 is 19.4 Å². The number of carbonyl (C=O) groups excluding carboxylic acids is 1. The Kier molecular flexibility index (Phi) is 4.97. The van der Waals surface area contributed by atoms with Crippen molar-refractivity contribution in [1.82, 2.24) is 4.90 Å². The van der Waals surface area contributed by atoms with E-state index in [0.717, 1.165) is 0 Å². The highest BCUT2D eigenvalue weighted by atomic mass is 16.5. The number of hydrogen-bond donors (Lipinski definition) is 2. The number of hydrogen-bond acceptors (Lipinski definition) is 5. The topological polar surface area (TPSA) is 85.0 Å². The second kappa shape index (κ2) is 6.02. The standard InChI is InChI=1S/C9H18N2O4/c1-14-6-8(10)9(13)11-2-3-15-5-7(11)4-12/h7-8,12H,2-6,10H2,1H3. The zero-order valence-electron chi connectivity index (χ0n) is 8.89. The Morgan fingerprint density at radius 2 is 2.53 bits per heavy atom. The smallest absolute Gasteiger partial charge is 0.242 e. The number of aliphatic hydroxyl groups excluding tert-OH is 1. The molecule has 2 unspecified atom stereocenters. The fourth-order valence-electron chi connectivity index (χ4n) is 1.56. The number of morpholine rings is 1. The molecule has 1 fully saturated rings. The average molecular weight is 218 g/mol. The fourth-order valence-corrected chi connectivity index (χ4v) is 1.56. The molecule has 0 radical (unpaired) electrons. The van der Waals surface area contributed by atoms with Crippen molar-refractivity contribution in [3.05, 3.63) is 0 Å². The SMILES string of the molecule is COCC(N)C(=O)N1CCOCC1CO. The lowest BCUT2D eigenvalue weighted by atomic mass is 10.2. The Morgan fingerprint density at radius 3 is 3.13 bits per heavy atom. The van der Waals surface area contributed by atoms with Gasteiger partial charge in [0.25, 0.3) is 0 Å². The molecule has 0 aromatic carbocycles. The van der Waals surface area contributed by atoms with Gasteiger partial charge in [0.1, 0.15) is 6.04 Å². The molecule has 0 saturated carbocycles. The lowest BCUT2D eigenvalue weighted by molar-refractivity contribution is -0.144. The van der Waals surface area contributed by atoms with E-state index in [1.165, 1.54) is 7.11 Å². The van der Waals surface area contributed by atoms with Crippen LogP contribution in [0.1, 0.15) is 0 Å². The molecule has 1 saturated heterocycles. The van der Waals surface area contributed by atoms with Crippen LogP contribution in [0.25, 0.3) is 0 Å². The van der Waals surface area contributed by atoms with Crippen LogP contribution in [0.3, 0.4) is 0 Å². The number of nitrogens with two attached hydrogens (primary N) is 1. The first-order valence-corrected chi connectivity index (χ1v) is 4.94. The molecule has 1 aliphatic heterocycles. The quantitative estimate of drug-likeness (QED) is 0.580. The Bertz CT molecular complexity index is 212. The van der Waals surface area contributed by atoms with Crippen LogP contribution in [0, 0.1) is 0 Å². The van der Waals surface area contributed by atoms with Crippen LogP contribution in [0.4, 0.5) is 0 Å². The van der Waals surface area contributed by atoms with Crippen molar-refractivity contribution in [1.29, 1.82) is 0 Å². The summed E-state index contributed by atoms with van der Waals surface area (Å²) in [5.41, 5.74) is 5.64. The number of ether oxygens (including phenoxy) is 2. The van der Waals surface area contributed by atoms with E-state index in [1.807, 2.05) is 0 Å². The summed E-state index contributed by atoms with van der Waals surface area (Å²) in [5.74, 6) is -0.195. The maximum Gasteiger partial charge on any atom is 0.242 e. The van der Waals surface area contributed by atoms with Gasteiger partial charge in [0.05, 0.1) is 32.5 Å². The summed E-state index contributed by atoms with van der Waals surface area (Å²) in [4.78, 5) is 13.4. The second-order valence-electron chi connectivity index (χ2n) is 3.50. The third-order valence-electron chi connectivity index (χ3n) is 2.38. The van der Waals surface area contributed by atoms with Gasteiger partial charge in [0.2, 0.25) is 5.91 Å². The van der Waals surface area contributed by atoms with E-state index in [1.54, 1.807) is 4.90 Å². The highest BCUT2D eigenvalue weighted by molar-refractivity contribution is 5.82. The Labute approximate surface area is 88.9 Å². The lowest BCUT2D eigenvalue weighted by Gasteiger charge is -2.35. The van der Waals surface area contributed by atoms with Gasteiger partial charge in [-0.3, -0.25) is 4.79 Å². The summed E-state index contributed by atoms with van der Waals surface area (Å²) in [6.45, 7) is 1.41. The minimum Gasteiger partial charge on any atom is -0.394 e. The zero-order chi connectivity index (χ0) is 11.3. The monoisotopic (exact) mass is 218 g/mol. The predicted octanol–water partition coefficient (Wildman–Crippen LogP) is -1.82. The molecule has 1 amide bonds. The van der Waals surface area contributed by atoms with Crippen LogP contribution in [0.15, 0.2) is 0 Å². The molecule has 1 aliphatic rings. The molecule has 15 heavy (non-hydrogen) atoms. The third-order valence-corrected chi connectivity index (χ3v) is 2.38. The van der Waals surface area contributed by atoms with Crippen molar-refractivity contribution in [3.63, 3.8) is 0 Å². The first kappa shape index (κ1) is 12.4. The summed E-state index contributed by atoms with van der Waals surface area (Å²) in [6, 6.07) is -0.948. The number of nitrogens with zero attached hydrogens (tertiary/aromatic N) is 1. The van der Waals surface area contributed by atoms with E-state index in [4.69, 9.17) is 20.3 Å². The molecule has 6 heteroatoms. The van der Waals surface area contributed by atoms with Gasteiger partial charge in [-0.1, -0.05) is 0 Å². The van der Waals surface area contributed by atoms with Gasteiger partial charge in [-0.2, -0.15) is 0 Å². The first-order chi connectivity index (χ1) is 7.20. The van der Waals surface area contributed by atoms with Crippen LogP contribution in [-0.4, -0.2) is 68.1 Å². The average Bonchev–Trinajstić information content (AvgIpc) is 2.28. The van der Waals surface area contributed by atoms with Gasteiger partial charge in [0.15, 0.2) is 0 Å². The van der Waals surface area contributed by atoms with Crippen LogP contribution < -0.4 is 5.73 Å². The summed E-state index contributed by atoms with van der Waals surface area (Å²) in [6.07, 6.45) is 0. The number of carbonyl (C=O) groups is 1. The molecule has 0 aromatic rings. The fraction of sp³-hybridized carbons (Fsp3) is 0.889. The molecule has 3 N–H and O–H groups in total. The third kappa shape index (κ3) is 3.13. The Balaban J connectivity index is 2.55. The van der Waals surface area contributed by atoms with Crippen molar-refractivity contribution in [2.45, 2.75) is 12.1 Å². The van der Waals surface area contributed by atoms with E-state index in [9.17, 15) is 4.79 Å². The van der Waals surface area contributed by atoms with E-state index in [-0.39, 0.29) is 25.2 Å². The number of methoxy groups -OCH3 is 1. The summed E-state index contributed by atoms with van der Waals surface area (Å²) < 4.78 is 9.99. The highest BCUT2D eigenvalue weighted by Crippen LogP contribution is 2.08. The van der Waals surface area contributed by atoms with Gasteiger partial charge < -0.3 is 25.2 Å². The van der Waals surface area contributed by atoms with Gasteiger partial charge >= 0.3 is 0 Å². The van der Waals surface area contributed by atoms with E-state index in [0.29, 0.717) is 19.8 Å². The molecule has 0 aliphatic carbocycles. The maximum absolute atomic E-state index is 11.8. The Morgan fingerprint density at radius 1 is 1.80 bits per heavy atom. The normalized spacial score (nSPS) is 23.9. The van der Waals surface area contributed by atoms with Crippen LogP contribution in [-0.2, 0) is 14.3 Å². The lowest BCUT2D eigenvalue weighted by Crippen LogP contribution is -2.56. The molecule has 0 aromatic heterocycles. The summed E-state index contributed by atoms with van der Waals surface area (Å²) in [7, 11) is 1.50. The van der Waals surface area contributed by atoms with Gasteiger partial charge in [-0.15, -0.1) is 0 Å². The molecular formula is C9H18N2O4. The molecule has 0 bridgehead atoms. The maximum atomic E-state index is 11.8. The number of rotatable bonds is 4. The minimum absolute atomic E-state index is 0.106. The zero-order valence-corrected chi connectivity index (χ0v) is 8.89. The number of amides is 1. The molecule has 6 nitrogen and oxygen atoms in total. The molecule has 0 spiro atoms. The van der Waals surface area contributed by atoms with Crippen molar-refractivity contribution in [2.24, 2.45) is 5.73 Å². The predicted molar refractivity (Wildman–Crippen MR) is 53.3 cm³/mol. The number of aliphatic hydroxyl groups is 1. The van der Waals surface area contributed by atoms with Gasteiger partial charge in [-0.25, -0.2) is 0 Å². The molecule has 1 rings (SSSR count). The Hall–Kier alpha value is -0.690. The van der Waals surface area contributed by atoms with Gasteiger partial charge in [0, 0.05) is 13.7 Å². The molecule has 1 heterocycles. The van der Waals surface area contributed by atoms with Crippen LogP contribution in [0.5, 0.6) is 0 Å². The molecule has 88 valence electrons. The van der Waals surface area contributed by atoms with Crippen molar-refractivity contribution >= 4 is 5.91 Å². The molecular weight excluding hydrogens is 200 g/mol. The first-order valence-electron chi connectivity index (χ1n) is 4.94. The van der Waals surface area contributed by atoms with Gasteiger partial charge in [-0.05, 0) is 0 Å².